The predicted octanol–water partition coefficient (Wildman–Crippen LogP) is 2.57. The number of hydrogen-bond acceptors (Lipinski definition) is 2. The van der Waals surface area contributed by atoms with Gasteiger partial charge in [-0.25, -0.2) is 8.78 Å². The SMILES string of the molecule is CNC1CCCN(Cc2ccc(F)cc2F)C1.Cl. The minimum Gasteiger partial charge on any atom is -0.316 e. The van der Waals surface area contributed by atoms with E-state index in [9.17, 15) is 8.78 Å². The average Bonchev–Trinajstić information content (AvgIpc) is 2.33. The highest BCUT2D eigenvalue weighted by molar-refractivity contribution is 5.85. The quantitative estimate of drug-likeness (QED) is 0.913. The van der Waals surface area contributed by atoms with Gasteiger partial charge in [0.25, 0.3) is 0 Å². The van der Waals surface area contributed by atoms with Crippen LogP contribution < -0.4 is 5.32 Å². The maximum absolute atomic E-state index is 13.5. The van der Waals surface area contributed by atoms with Crippen LogP contribution in [0.1, 0.15) is 18.4 Å². The highest BCUT2D eigenvalue weighted by Gasteiger charge is 2.19. The van der Waals surface area contributed by atoms with Crippen LogP contribution in [0, 0.1) is 11.6 Å². The number of likely N-dealkylation sites (N-methyl/N-ethyl adjacent to an activating group) is 1. The zero-order chi connectivity index (χ0) is 12.3. The molecule has 5 heteroatoms. The van der Waals surface area contributed by atoms with Crippen LogP contribution in [0.5, 0.6) is 0 Å². The number of likely N-dealkylation sites (tertiary alicyclic amines) is 1. The van der Waals surface area contributed by atoms with Crippen molar-refractivity contribution in [2.45, 2.75) is 25.4 Å². The van der Waals surface area contributed by atoms with Gasteiger partial charge in [0.05, 0.1) is 0 Å². The molecule has 0 aromatic heterocycles. The van der Waals surface area contributed by atoms with Crippen molar-refractivity contribution in [3.8, 4) is 0 Å². The first-order chi connectivity index (χ1) is 8.19. The van der Waals surface area contributed by atoms with Gasteiger partial charge >= 0.3 is 0 Å². The fourth-order valence-corrected chi connectivity index (χ4v) is 2.33. The van der Waals surface area contributed by atoms with Crippen LogP contribution in [0.3, 0.4) is 0 Å². The molecule has 1 saturated heterocycles. The molecule has 0 amide bonds. The molecular weight excluding hydrogens is 258 g/mol. The maximum Gasteiger partial charge on any atom is 0.130 e. The van der Waals surface area contributed by atoms with Crippen molar-refractivity contribution in [3.63, 3.8) is 0 Å². The van der Waals surface area contributed by atoms with Crippen LogP contribution in [-0.4, -0.2) is 31.1 Å². The highest BCUT2D eigenvalue weighted by atomic mass is 35.5. The second-order valence-electron chi connectivity index (χ2n) is 4.60. The molecule has 2 nitrogen and oxygen atoms in total. The third-order valence-electron chi connectivity index (χ3n) is 3.32. The Bertz CT molecular complexity index is 387. The number of hydrogen-bond donors (Lipinski definition) is 1. The van der Waals surface area contributed by atoms with Crippen molar-refractivity contribution in [1.82, 2.24) is 10.2 Å². The molecule has 0 radical (unpaired) electrons. The van der Waals surface area contributed by atoms with E-state index < -0.39 is 11.6 Å². The lowest BCUT2D eigenvalue weighted by Gasteiger charge is -2.32. The Balaban J connectivity index is 0.00000162. The van der Waals surface area contributed by atoms with Crippen LogP contribution in [0.2, 0.25) is 0 Å². The molecule has 1 heterocycles. The van der Waals surface area contributed by atoms with Gasteiger partial charge in [0.2, 0.25) is 0 Å². The van der Waals surface area contributed by atoms with Crippen LogP contribution in [0.4, 0.5) is 8.78 Å². The van der Waals surface area contributed by atoms with Gasteiger partial charge in [-0.3, -0.25) is 4.90 Å². The smallest absolute Gasteiger partial charge is 0.130 e. The summed E-state index contributed by atoms with van der Waals surface area (Å²) in [4.78, 5) is 2.21. The molecule has 2 rings (SSSR count). The van der Waals surface area contributed by atoms with Crippen molar-refractivity contribution in [2.75, 3.05) is 20.1 Å². The van der Waals surface area contributed by atoms with Gasteiger partial charge in [-0.1, -0.05) is 6.07 Å². The van der Waals surface area contributed by atoms with E-state index in [-0.39, 0.29) is 12.4 Å². The maximum atomic E-state index is 13.5. The molecule has 0 aliphatic carbocycles. The molecule has 0 spiro atoms. The number of benzene rings is 1. The van der Waals surface area contributed by atoms with E-state index in [4.69, 9.17) is 0 Å². The molecule has 1 aliphatic rings. The van der Waals surface area contributed by atoms with E-state index in [1.807, 2.05) is 7.05 Å². The second kappa shape index (κ2) is 7.02. The van der Waals surface area contributed by atoms with Crippen molar-refractivity contribution in [3.05, 3.63) is 35.4 Å². The van der Waals surface area contributed by atoms with Crippen LogP contribution in [-0.2, 0) is 6.54 Å². The van der Waals surface area contributed by atoms with E-state index in [0.717, 1.165) is 25.6 Å². The summed E-state index contributed by atoms with van der Waals surface area (Å²) in [6.07, 6.45) is 2.28. The largest absolute Gasteiger partial charge is 0.316 e. The zero-order valence-electron chi connectivity index (χ0n) is 10.5. The van der Waals surface area contributed by atoms with Gasteiger partial charge in [0.15, 0.2) is 0 Å². The van der Waals surface area contributed by atoms with Gasteiger partial charge in [0.1, 0.15) is 11.6 Å². The molecule has 0 bridgehead atoms. The zero-order valence-corrected chi connectivity index (χ0v) is 11.3. The summed E-state index contributed by atoms with van der Waals surface area (Å²) in [5, 5.41) is 3.25. The van der Waals surface area contributed by atoms with Crippen LogP contribution in [0.25, 0.3) is 0 Å². The fourth-order valence-electron chi connectivity index (χ4n) is 2.33. The molecule has 1 N–H and O–H groups in total. The summed E-state index contributed by atoms with van der Waals surface area (Å²) < 4.78 is 26.3. The Kier molecular flexibility index (Phi) is 5.99. The van der Waals surface area contributed by atoms with E-state index in [0.29, 0.717) is 18.2 Å². The number of halogens is 3. The van der Waals surface area contributed by atoms with Crippen molar-refractivity contribution in [2.24, 2.45) is 0 Å². The van der Waals surface area contributed by atoms with E-state index in [2.05, 4.69) is 10.2 Å². The number of rotatable bonds is 3. The van der Waals surface area contributed by atoms with Crippen molar-refractivity contribution in [1.29, 1.82) is 0 Å². The van der Waals surface area contributed by atoms with Crippen LogP contribution >= 0.6 is 12.4 Å². The first-order valence-electron chi connectivity index (χ1n) is 6.02. The molecule has 18 heavy (non-hydrogen) atoms. The lowest BCUT2D eigenvalue weighted by atomic mass is 10.0. The molecule has 1 aromatic carbocycles. The normalized spacial score (nSPS) is 20.5. The van der Waals surface area contributed by atoms with E-state index >= 15 is 0 Å². The number of nitrogens with zero attached hydrogens (tertiary/aromatic N) is 1. The Morgan fingerprint density at radius 1 is 1.39 bits per heavy atom. The summed E-state index contributed by atoms with van der Waals surface area (Å²) in [6.45, 7) is 2.46. The van der Waals surface area contributed by atoms with Crippen molar-refractivity contribution >= 4 is 12.4 Å². The summed E-state index contributed by atoms with van der Waals surface area (Å²) in [6, 6.07) is 4.28. The molecular formula is C13H19ClF2N2. The molecule has 102 valence electrons. The van der Waals surface area contributed by atoms with Gasteiger partial charge in [-0.2, -0.15) is 0 Å². The van der Waals surface area contributed by atoms with Gasteiger partial charge < -0.3 is 5.32 Å². The topological polar surface area (TPSA) is 15.3 Å². The van der Waals surface area contributed by atoms with Gasteiger partial charge in [0, 0.05) is 30.8 Å². The van der Waals surface area contributed by atoms with E-state index in [1.165, 1.54) is 18.6 Å². The molecule has 1 aliphatic heterocycles. The minimum absolute atomic E-state index is 0. The summed E-state index contributed by atoms with van der Waals surface area (Å²) in [5.74, 6) is -0.963. The van der Waals surface area contributed by atoms with Gasteiger partial charge in [-0.15, -0.1) is 12.4 Å². The summed E-state index contributed by atoms with van der Waals surface area (Å²) in [5.41, 5.74) is 0.572. The van der Waals surface area contributed by atoms with E-state index in [1.54, 1.807) is 0 Å². The molecule has 1 fully saturated rings. The average molecular weight is 277 g/mol. The summed E-state index contributed by atoms with van der Waals surface area (Å²) >= 11 is 0. The Morgan fingerprint density at radius 3 is 2.83 bits per heavy atom. The van der Waals surface area contributed by atoms with Gasteiger partial charge in [-0.05, 0) is 32.5 Å². The fraction of sp³-hybridized carbons (Fsp3) is 0.538. The third-order valence-corrected chi connectivity index (χ3v) is 3.32. The Morgan fingerprint density at radius 2 is 2.17 bits per heavy atom. The lowest BCUT2D eigenvalue weighted by Crippen LogP contribution is -2.43. The highest BCUT2D eigenvalue weighted by Crippen LogP contribution is 2.16. The predicted molar refractivity (Wildman–Crippen MR) is 71.0 cm³/mol. The first-order valence-corrected chi connectivity index (χ1v) is 6.02. The van der Waals surface area contributed by atoms with Crippen molar-refractivity contribution < 1.29 is 8.78 Å². The minimum atomic E-state index is -0.516. The monoisotopic (exact) mass is 276 g/mol. The molecule has 1 atom stereocenters. The number of piperidine rings is 1. The Hall–Kier alpha value is -0.710. The third kappa shape index (κ3) is 3.90. The second-order valence-corrected chi connectivity index (χ2v) is 4.60. The number of nitrogens with one attached hydrogen (secondary N) is 1. The van der Waals surface area contributed by atoms with Crippen LogP contribution in [0.15, 0.2) is 18.2 Å². The molecule has 0 saturated carbocycles. The Labute approximate surface area is 113 Å². The lowest BCUT2D eigenvalue weighted by molar-refractivity contribution is 0.186. The summed E-state index contributed by atoms with van der Waals surface area (Å²) in [7, 11) is 1.95. The standard InChI is InChI=1S/C13H18F2N2.ClH/c1-16-12-3-2-6-17(9-12)8-10-4-5-11(14)7-13(10)15;/h4-5,7,12,16H,2-3,6,8-9H2,1H3;1H. The molecule has 1 unspecified atom stereocenters. The first kappa shape index (κ1) is 15.3. The molecule has 1 aromatic rings.